The minimum absolute atomic E-state index is 0.0235. The maximum atomic E-state index is 13.4. The Hall–Kier alpha value is -2.64. The van der Waals surface area contributed by atoms with Gasteiger partial charge in [-0.2, -0.15) is 0 Å². The number of aliphatic hydroxyl groups is 1. The van der Waals surface area contributed by atoms with Crippen molar-refractivity contribution in [1.29, 1.82) is 0 Å². The standard InChI is InChI=1S/C27H33NO6/c1-2-32-27-18(7-5-11-29)20(21-15-33-23-8-4-3-6-19(23)25(21)30)14-24(34-27)26(31)28-22-13-16-9-10-17(22)12-16/h3-4,6,8,14-18,20,22,27,29H,2,5,7,9-13H2,1H3,(H,28,31)/t16?,17?,18-,20+,22?,27-/m0/s1. The molecule has 2 saturated carbocycles. The Morgan fingerprint density at radius 3 is 2.82 bits per heavy atom. The van der Waals surface area contributed by atoms with Gasteiger partial charge < -0.3 is 24.3 Å². The zero-order chi connectivity index (χ0) is 23.7. The fourth-order valence-electron chi connectivity index (χ4n) is 6.11. The number of aliphatic hydroxyl groups excluding tert-OH is 1. The van der Waals surface area contributed by atoms with E-state index >= 15 is 0 Å². The third-order valence-corrected chi connectivity index (χ3v) is 7.76. The zero-order valence-electron chi connectivity index (χ0n) is 19.6. The molecular weight excluding hydrogens is 434 g/mol. The highest BCUT2D eigenvalue weighted by Crippen LogP contribution is 2.45. The second-order valence-corrected chi connectivity index (χ2v) is 9.80. The van der Waals surface area contributed by atoms with Gasteiger partial charge in [-0.25, -0.2) is 0 Å². The van der Waals surface area contributed by atoms with Crippen LogP contribution in [0.4, 0.5) is 0 Å². The van der Waals surface area contributed by atoms with E-state index in [1.54, 1.807) is 18.2 Å². The minimum Gasteiger partial charge on any atom is -0.464 e. The van der Waals surface area contributed by atoms with Crippen molar-refractivity contribution in [2.24, 2.45) is 17.8 Å². The molecule has 182 valence electrons. The molecule has 0 spiro atoms. The van der Waals surface area contributed by atoms with Crippen molar-refractivity contribution in [3.05, 3.63) is 58.2 Å². The molecule has 2 N–H and O–H groups in total. The van der Waals surface area contributed by atoms with Gasteiger partial charge in [0.05, 0.1) is 11.6 Å². The number of para-hydroxylation sites is 1. The lowest BCUT2D eigenvalue weighted by Crippen LogP contribution is -2.43. The molecule has 3 aliphatic rings. The van der Waals surface area contributed by atoms with Crippen molar-refractivity contribution in [2.45, 2.75) is 63.7 Å². The normalized spacial score (nSPS) is 30.2. The van der Waals surface area contributed by atoms with Crippen LogP contribution in [-0.4, -0.2) is 36.6 Å². The predicted molar refractivity (Wildman–Crippen MR) is 127 cm³/mol. The Balaban J connectivity index is 1.50. The van der Waals surface area contributed by atoms with Gasteiger partial charge in [0, 0.05) is 36.7 Å². The van der Waals surface area contributed by atoms with Gasteiger partial charge in [-0.05, 0) is 69.1 Å². The van der Waals surface area contributed by atoms with E-state index in [9.17, 15) is 14.7 Å². The summed E-state index contributed by atoms with van der Waals surface area (Å²) in [7, 11) is 0. The number of carbonyl (C=O) groups excluding carboxylic acids is 1. The van der Waals surface area contributed by atoms with E-state index in [1.165, 1.54) is 25.5 Å². The molecule has 2 aliphatic carbocycles. The fourth-order valence-corrected chi connectivity index (χ4v) is 6.11. The van der Waals surface area contributed by atoms with E-state index < -0.39 is 12.2 Å². The van der Waals surface area contributed by atoms with Gasteiger partial charge in [0.1, 0.15) is 5.58 Å². The van der Waals surface area contributed by atoms with Crippen molar-refractivity contribution in [1.82, 2.24) is 5.32 Å². The lowest BCUT2D eigenvalue weighted by Gasteiger charge is -2.37. The molecule has 2 aromatic rings. The molecule has 0 saturated heterocycles. The first-order valence-corrected chi connectivity index (χ1v) is 12.5. The Kier molecular flexibility index (Phi) is 6.75. The first kappa shape index (κ1) is 23.1. The number of ether oxygens (including phenoxy) is 2. The van der Waals surface area contributed by atoms with Crippen LogP contribution in [0.3, 0.4) is 0 Å². The maximum Gasteiger partial charge on any atom is 0.286 e. The van der Waals surface area contributed by atoms with Gasteiger partial charge in [0.2, 0.25) is 6.29 Å². The van der Waals surface area contributed by atoms with E-state index in [2.05, 4.69) is 5.32 Å². The number of allylic oxidation sites excluding steroid dienone is 1. The molecule has 2 heterocycles. The Morgan fingerprint density at radius 2 is 2.09 bits per heavy atom. The molecule has 1 aliphatic heterocycles. The second-order valence-electron chi connectivity index (χ2n) is 9.80. The monoisotopic (exact) mass is 467 g/mol. The van der Waals surface area contributed by atoms with Crippen molar-refractivity contribution in [3.63, 3.8) is 0 Å². The predicted octanol–water partition coefficient (Wildman–Crippen LogP) is 3.85. The molecule has 1 aromatic carbocycles. The van der Waals surface area contributed by atoms with Crippen LogP contribution in [0, 0.1) is 17.8 Å². The van der Waals surface area contributed by atoms with Gasteiger partial charge in [-0.1, -0.05) is 18.6 Å². The van der Waals surface area contributed by atoms with Crippen LogP contribution < -0.4 is 10.7 Å². The molecule has 0 radical (unpaired) electrons. The van der Waals surface area contributed by atoms with Crippen LogP contribution in [0.25, 0.3) is 11.0 Å². The smallest absolute Gasteiger partial charge is 0.286 e. The third-order valence-electron chi connectivity index (χ3n) is 7.76. The highest BCUT2D eigenvalue weighted by molar-refractivity contribution is 5.92. The van der Waals surface area contributed by atoms with Crippen LogP contribution in [0.15, 0.2) is 51.6 Å². The molecule has 7 heteroatoms. The molecule has 1 aromatic heterocycles. The van der Waals surface area contributed by atoms with Crippen molar-refractivity contribution in [2.75, 3.05) is 13.2 Å². The summed E-state index contributed by atoms with van der Waals surface area (Å²) in [5.74, 6) is 0.526. The van der Waals surface area contributed by atoms with E-state index in [4.69, 9.17) is 13.9 Å². The van der Waals surface area contributed by atoms with Crippen molar-refractivity contribution in [3.8, 4) is 0 Å². The number of fused-ring (bicyclic) bond motifs is 3. The van der Waals surface area contributed by atoms with Crippen LogP contribution in [0.2, 0.25) is 0 Å². The zero-order valence-corrected chi connectivity index (χ0v) is 19.6. The van der Waals surface area contributed by atoms with Gasteiger partial charge >= 0.3 is 0 Å². The average molecular weight is 468 g/mol. The number of hydrogen-bond acceptors (Lipinski definition) is 6. The van der Waals surface area contributed by atoms with E-state index in [-0.39, 0.29) is 35.7 Å². The van der Waals surface area contributed by atoms with Gasteiger partial charge in [-0.3, -0.25) is 9.59 Å². The summed E-state index contributed by atoms with van der Waals surface area (Å²) in [5, 5.41) is 13.2. The van der Waals surface area contributed by atoms with Crippen LogP contribution >= 0.6 is 0 Å². The molecule has 5 rings (SSSR count). The van der Waals surface area contributed by atoms with E-state index in [0.717, 1.165) is 6.42 Å². The number of carbonyl (C=O) groups is 1. The lowest BCUT2D eigenvalue weighted by molar-refractivity contribution is -0.167. The van der Waals surface area contributed by atoms with Gasteiger partial charge in [-0.15, -0.1) is 0 Å². The molecular formula is C27H33NO6. The molecule has 34 heavy (non-hydrogen) atoms. The average Bonchev–Trinajstić information content (AvgIpc) is 3.47. The molecule has 1 amide bonds. The molecule has 7 nitrogen and oxygen atoms in total. The van der Waals surface area contributed by atoms with Crippen molar-refractivity contribution < 1.29 is 23.8 Å². The van der Waals surface area contributed by atoms with E-state index in [0.29, 0.717) is 47.8 Å². The highest BCUT2D eigenvalue weighted by atomic mass is 16.7. The van der Waals surface area contributed by atoms with Crippen LogP contribution in [-0.2, 0) is 14.3 Å². The van der Waals surface area contributed by atoms with Gasteiger partial charge in [0.15, 0.2) is 11.2 Å². The highest BCUT2D eigenvalue weighted by Gasteiger charge is 2.43. The third kappa shape index (κ3) is 4.39. The Labute approximate surface area is 199 Å². The summed E-state index contributed by atoms with van der Waals surface area (Å²) in [6.07, 6.45) is 8.31. The van der Waals surface area contributed by atoms with Crippen LogP contribution in [0.5, 0.6) is 0 Å². The quantitative estimate of drug-likeness (QED) is 0.612. The summed E-state index contributed by atoms with van der Waals surface area (Å²) < 4.78 is 17.8. The first-order chi connectivity index (χ1) is 16.6. The summed E-state index contributed by atoms with van der Waals surface area (Å²) in [5.41, 5.74) is 0.872. The Bertz CT molecular complexity index is 1120. The number of amides is 1. The largest absolute Gasteiger partial charge is 0.464 e. The summed E-state index contributed by atoms with van der Waals surface area (Å²) in [6, 6.07) is 7.33. The second kappa shape index (κ2) is 9.92. The number of nitrogens with one attached hydrogen (secondary N) is 1. The van der Waals surface area contributed by atoms with E-state index in [1.807, 2.05) is 19.1 Å². The summed E-state index contributed by atoms with van der Waals surface area (Å²) >= 11 is 0. The topological polar surface area (TPSA) is 98.0 Å². The van der Waals surface area contributed by atoms with Crippen LogP contribution in [0.1, 0.15) is 56.9 Å². The summed E-state index contributed by atoms with van der Waals surface area (Å²) in [6.45, 7) is 2.30. The molecule has 3 unspecified atom stereocenters. The number of rotatable bonds is 8. The molecule has 2 fully saturated rings. The Morgan fingerprint density at radius 1 is 1.24 bits per heavy atom. The van der Waals surface area contributed by atoms with Crippen molar-refractivity contribution >= 4 is 16.9 Å². The lowest BCUT2D eigenvalue weighted by atomic mass is 9.81. The number of hydrogen-bond donors (Lipinski definition) is 2. The summed E-state index contributed by atoms with van der Waals surface area (Å²) in [4.78, 5) is 26.7. The maximum absolute atomic E-state index is 13.4. The number of benzene rings is 1. The molecule has 6 atom stereocenters. The SMILES string of the molecule is CCO[C@H]1OC(C(=O)NC2CC3CCC2C3)=C[C@@H](c2coc3ccccc3c2=O)[C@@H]1CCCO. The first-order valence-electron chi connectivity index (χ1n) is 12.5. The molecule has 2 bridgehead atoms. The fraction of sp³-hybridized carbons (Fsp3) is 0.556. The van der Waals surface area contributed by atoms with Gasteiger partial charge in [0.25, 0.3) is 5.91 Å². The minimum atomic E-state index is -0.696.